The molecule has 0 fully saturated rings. The highest BCUT2D eigenvalue weighted by atomic mass is 35.5. The first-order valence-corrected chi connectivity index (χ1v) is 10.9. The van der Waals surface area contributed by atoms with Crippen molar-refractivity contribution < 1.29 is 14.2 Å². The summed E-state index contributed by atoms with van der Waals surface area (Å²) in [5, 5.41) is 4.98. The molecule has 2 rings (SSSR count). The SMILES string of the molecule is CCOc1cc(CNCCCOC(C)C)cc(Cl)c1OCc1c(Cl)cccc1Cl. The lowest BCUT2D eigenvalue weighted by Gasteiger charge is -2.16. The Kier molecular flexibility index (Phi) is 10.4. The predicted octanol–water partition coefficient (Wildman–Crippen LogP) is 6.53. The molecule has 29 heavy (non-hydrogen) atoms. The number of rotatable bonds is 12. The number of ether oxygens (including phenoxy) is 3. The van der Waals surface area contributed by atoms with E-state index in [2.05, 4.69) is 5.32 Å². The Hall–Kier alpha value is -1.17. The summed E-state index contributed by atoms with van der Waals surface area (Å²) in [7, 11) is 0. The van der Waals surface area contributed by atoms with Crippen LogP contribution in [0.4, 0.5) is 0 Å². The molecule has 0 unspecified atom stereocenters. The maximum Gasteiger partial charge on any atom is 0.180 e. The van der Waals surface area contributed by atoms with Crippen LogP contribution in [0.1, 0.15) is 38.3 Å². The Morgan fingerprint density at radius 3 is 2.38 bits per heavy atom. The molecular weight excluding hydrogens is 433 g/mol. The fourth-order valence-electron chi connectivity index (χ4n) is 2.69. The lowest BCUT2D eigenvalue weighted by Crippen LogP contribution is -2.17. The van der Waals surface area contributed by atoms with E-state index in [4.69, 9.17) is 49.0 Å². The minimum absolute atomic E-state index is 0.200. The molecule has 0 saturated carbocycles. The summed E-state index contributed by atoms with van der Waals surface area (Å²) in [6.07, 6.45) is 1.21. The molecule has 160 valence electrons. The third-order valence-corrected chi connectivity index (χ3v) is 5.06. The molecule has 0 aliphatic rings. The standard InChI is InChI=1S/C22H28Cl3NO3/c1-4-27-21-12-16(13-26-9-6-10-28-15(2)3)11-20(25)22(21)29-14-17-18(23)7-5-8-19(17)24/h5,7-8,11-12,15,26H,4,6,9-10,13-14H2,1-3H3. The topological polar surface area (TPSA) is 39.7 Å². The van der Waals surface area contributed by atoms with Gasteiger partial charge in [-0.05, 0) is 63.6 Å². The smallest absolute Gasteiger partial charge is 0.180 e. The highest BCUT2D eigenvalue weighted by Gasteiger charge is 2.15. The van der Waals surface area contributed by atoms with Gasteiger partial charge in [-0.3, -0.25) is 0 Å². The van der Waals surface area contributed by atoms with Gasteiger partial charge in [0.2, 0.25) is 0 Å². The Bertz CT molecular complexity index is 764. The molecule has 0 aromatic heterocycles. The third kappa shape index (κ3) is 7.88. The van der Waals surface area contributed by atoms with Crippen LogP contribution in [0.5, 0.6) is 11.5 Å². The van der Waals surface area contributed by atoms with E-state index in [0.717, 1.165) is 25.1 Å². The number of nitrogens with one attached hydrogen (secondary N) is 1. The van der Waals surface area contributed by atoms with Crippen LogP contribution in [0, 0.1) is 0 Å². The van der Waals surface area contributed by atoms with E-state index in [-0.39, 0.29) is 12.7 Å². The first-order valence-electron chi connectivity index (χ1n) is 9.75. The summed E-state index contributed by atoms with van der Waals surface area (Å²) >= 11 is 18.9. The van der Waals surface area contributed by atoms with E-state index in [9.17, 15) is 0 Å². The van der Waals surface area contributed by atoms with Crippen LogP contribution in [0.2, 0.25) is 15.1 Å². The van der Waals surface area contributed by atoms with Crippen molar-refractivity contribution in [3.63, 3.8) is 0 Å². The van der Waals surface area contributed by atoms with Gasteiger partial charge in [0.1, 0.15) is 6.61 Å². The summed E-state index contributed by atoms with van der Waals surface area (Å²) in [5.41, 5.74) is 1.73. The molecule has 0 heterocycles. The van der Waals surface area contributed by atoms with Crippen LogP contribution in [-0.4, -0.2) is 25.9 Å². The van der Waals surface area contributed by atoms with E-state index in [1.807, 2.05) is 32.9 Å². The maximum atomic E-state index is 6.49. The first kappa shape index (κ1) is 24.1. The molecule has 1 N–H and O–H groups in total. The number of hydrogen-bond donors (Lipinski definition) is 1. The molecule has 0 radical (unpaired) electrons. The fourth-order valence-corrected chi connectivity index (χ4v) is 3.48. The first-order chi connectivity index (χ1) is 13.9. The van der Waals surface area contributed by atoms with Crippen LogP contribution in [0.25, 0.3) is 0 Å². The van der Waals surface area contributed by atoms with Gasteiger partial charge >= 0.3 is 0 Å². The Balaban J connectivity index is 2.01. The largest absolute Gasteiger partial charge is 0.490 e. The van der Waals surface area contributed by atoms with Crippen molar-refractivity contribution in [2.24, 2.45) is 0 Å². The third-order valence-electron chi connectivity index (χ3n) is 4.07. The summed E-state index contributed by atoms with van der Waals surface area (Å²) < 4.78 is 17.2. The second-order valence-electron chi connectivity index (χ2n) is 6.78. The van der Waals surface area contributed by atoms with Gasteiger partial charge in [-0.15, -0.1) is 0 Å². The molecule has 2 aromatic rings. The normalized spacial score (nSPS) is 11.1. The second kappa shape index (κ2) is 12.5. The van der Waals surface area contributed by atoms with Gasteiger partial charge in [0.15, 0.2) is 11.5 Å². The van der Waals surface area contributed by atoms with Gasteiger partial charge in [0, 0.05) is 28.8 Å². The summed E-state index contributed by atoms with van der Waals surface area (Å²) in [5.74, 6) is 1.08. The summed E-state index contributed by atoms with van der Waals surface area (Å²) in [4.78, 5) is 0. The quantitative estimate of drug-likeness (QED) is 0.366. The minimum Gasteiger partial charge on any atom is -0.490 e. The Morgan fingerprint density at radius 2 is 1.72 bits per heavy atom. The molecule has 0 bridgehead atoms. The minimum atomic E-state index is 0.200. The molecule has 0 aliphatic heterocycles. The molecule has 0 spiro atoms. The Labute approximate surface area is 188 Å². The van der Waals surface area contributed by atoms with E-state index in [1.54, 1.807) is 18.2 Å². The molecular formula is C22H28Cl3NO3. The number of halogens is 3. The zero-order chi connectivity index (χ0) is 21.2. The van der Waals surface area contributed by atoms with Crippen LogP contribution in [-0.2, 0) is 17.9 Å². The molecule has 0 atom stereocenters. The van der Waals surface area contributed by atoms with E-state index in [1.165, 1.54) is 0 Å². The van der Waals surface area contributed by atoms with Crippen molar-refractivity contribution in [2.45, 2.75) is 46.4 Å². The monoisotopic (exact) mass is 459 g/mol. The lowest BCUT2D eigenvalue weighted by atomic mass is 10.2. The fraction of sp³-hybridized carbons (Fsp3) is 0.455. The highest BCUT2D eigenvalue weighted by Crippen LogP contribution is 2.38. The molecule has 0 saturated heterocycles. The van der Waals surface area contributed by atoms with Crippen molar-refractivity contribution in [3.05, 3.63) is 56.5 Å². The van der Waals surface area contributed by atoms with E-state index in [0.29, 0.717) is 45.3 Å². The average molecular weight is 461 g/mol. The van der Waals surface area contributed by atoms with Gasteiger partial charge in [-0.1, -0.05) is 40.9 Å². The predicted molar refractivity (Wildman–Crippen MR) is 121 cm³/mol. The van der Waals surface area contributed by atoms with Crippen molar-refractivity contribution in [1.29, 1.82) is 0 Å². The van der Waals surface area contributed by atoms with Gasteiger partial charge in [0.25, 0.3) is 0 Å². The van der Waals surface area contributed by atoms with Crippen molar-refractivity contribution in [3.8, 4) is 11.5 Å². The lowest BCUT2D eigenvalue weighted by molar-refractivity contribution is 0.0770. The molecule has 4 nitrogen and oxygen atoms in total. The van der Waals surface area contributed by atoms with Crippen molar-refractivity contribution in [2.75, 3.05) is 19.8 Å². The zero-order valence-corrected chi connectivity index (χ0v) is 19.3. The molecule has 0 amide bonds. The van der Waals surface area contributed by atoms with Gasteiger partial charge < -0.3 is 19.5 Å². The highest BCUT2D eigenvalue weighted by molar-refractivity contribution is 6.36. The summed E-state index contributed by atoms with van der Waals surface area (Å²) in [6.45, 7) is 8.97. The van der Waals surface area contributed by atoms with Gasteiger partial charge in [-0.2, -0.15) is 0 Å². The van der Waals surface area contributed by atoms with Crippen molar-refractivity contribution >= 4 is 34.8 Å². The molecule has 7 heteroatoms. The van der Waals surface area contributed by atoms with E-state index >= 15 is 0 Å². The number of benzene rings is 2. The second-order valence-corrected chi connectivity index (χ2v) is 8.00. The average Bonchev–Trinajstić information content (AvgIpc) is 2.66. The Morgan fingerprint density at radius 1 is 1.00 bits per heavy atom. The summed E-state index contributed by atoms with van der Waals surface area (Å²) in [6, 6.07) is 9.17. The number of hydrogen-bond acceptors (Lipinski definition) is 4. The maximum absolute atomic E-state index is 6.49. The zero-order valence-electron chi connectivity index (χ0n) is 17.1. The molecule has 2 aromatic carbocycles. The van der Waals surface area contributed by atoms with Crippen LogP contribution in [0.15, 0.2) is 30.3 Å². The molecule has 0 aliphatic carbocycles. The van der Waals surface area contributed by atoms with Crippen LogP contribution < -0.4 is 14.8 Å². The van der Waals surface area contributed by atoms with Crippen molar-refractivity contribution in [1.82, 2.24) is 5.32 Å². The van der Waals surface area contributed by atoms with Gasteiger partial charge in [-0.25, -0.2) is 0 Å². The van der Waals surface area contributed by atoms with Crippen LogP contribution >= 0.6 is 34.8 Å². The van der Waals surface area contributed by atoms with Gasteiger partial charge in [0.05, 0.1) is 17.7 Å². The van der Waals surface area contributed by atoms with E-state index < -0.39 is 0 Å². The van der Waals surface area contributed by atoms with Crippen LogP contribution in [0.3, 0.4) is 0 Å².